The van der Waals surface area contributed by atoms with E-state index in [0.717, 1.165) is 19.3 Å². The Labute approximate surface area is 102 Å². The van der Waals surface area contributed by atoms with Crippen molar-refractivity contribution in [2.45, 2.75) is 38.3 Å². The first-order chi connectivity index (χ1) is 8.13. The summed E-state index contributed by atoms with van der Waals surface area (Å²) in [5, 5.41) is 10.3. The third kappa shape index (κ3) is 2.34. The van der Waals surface area contributed by atoms with Crippen molar-refractivity contribution in [1.82, 2.24) is 20.4 Å². The molecule has 94 valence electrons. The molecule has 2 atom stereocenters. The predicted molar refractivity (Wildman–Crippen MR) is 65.6 cm³/mol. The van der Waals surface area contributed by atoms with Gasteiger partial charge in [-0.15, -0.1) is 0 Å². The molecule has 0 radical (unpaired) electrons. The highest BCUT2D eigenvalue weighted by molar-refractivity contribution is 5.81. The van der Waals surface area contributed by atoms with E-state index in [-0.39, 0.29) is 18.0 Å². The van der Waals surface area contributed by atoms with Crippen LogP contribution in [-0.4, -0.2) is 28.8 Å². The maximum Gasteiger partial charge on any atom is 0.236 e. The van der Waals surface area contributed by atoms with Gasteiger partial charge in [0.05, 0.1) is 12.2 Å². The third-order valence-electron chi connectivity index (χ3n) is 3.47. The average molecular weight is 236 g/mol. The maximum atomic E-state index is 11.5. The number of nitrogens with one attached hydrogen (secondary N) is 2. The van der Waals surface area contributed by atoms with Crippen LogP contribution in [0.4, 0.5) is 0 Å². The molecular formula is C12H20N4O. The van der Waals surface area contributed by atoms with Crippen molar-refractivity contribution < 1.29 is 4.79 Å². The molecule has 0 aliphatic heterocycles. The minimum atomic E-state index is -0.170. The number of rotatable bonds is 3. The van der Waals surface area contributed by atoms with Gasteiger partial charge >= 0.3 is 0 Å². The van der Waals surface area contributed by atoms with E-state index in [0.29, 0.717) is 0 Å². The van der Waals surface area contributed by atoms with E-state index >= 15 is 0 Å². The molecule has 2 unspecified atom stereocenters. The summed E-state index contributed by atoms with van der Waals surface area (Å²) >= 11 is 0. The molecule has 2 rings (SSSR count). The molecule has 1 aromatic rings. The zero-order valence-electron chi connectivity index (χ0n) is 10.7. The zero-order chi connectivity index (χ0) is 12.4. The number of likely N-dealkylation sites (N-methyl/N-ethyl adjacent to an activating group) is 1. The van der Waals surface area contributed by atoms with Gasteiger partial charge in [-0.05, 0) is 26.2 Å². The smallest absolute Gasteiger partial charge is 0.236 e. The van der Waals surface area contributed by atoms with Gasteiger partial charge in [-0.1, -0.05) is 0 Å². The molecule has 17 heavy (non-hydrogen) atoms. The monoisotopic (exact) mass is 236 g/mol. The van der Waals surface area contributed by atoms with Gasteiger partial charge in [0.2, 0.25) is 5.91 Å². The van der Waals surface area contributed by atoms with Crippen molar-refractivity contribution >= 4 is 5.91 Å². The Kier molecular flexibility index (Phi) is 3.47. The molecule has 2 N–H and O–H groups in total. The lowest BCUT2D eigenvalue weighted by molar-refractivity contribution is -0.122. The number of amides is 1. The molecule has 0 aromatic carbocycles. The first-order valence-electron chi connectivity index (χ1n) is 6.12. The molecule has 1 aliphatic carbocycles. The van der Waals surface area contributed by atoms with E-state index < -0.39 is 0 Å². The largest absolute Gasteiger partial charge is 0.358 e. The Balaban J connectivity index is 2.11. The fraction of sp³-hybridized carbons (Fsp3) is 0.667. The molecule has 5 heteroatoms. The van der Waals surface area contributed by atoms with E-state index in [4.69, 9.17) is 0 Å². The van der Waals surface area contributed by atoms with Crippen LogP contribution in [0.1, 0.15) is 37.1 Å². The van der Waals surface area contributed by atoms with E-state index in [9.17, 15) is 4.79 Å². The second kappa shape index (κ2) is 4.87. The fourth-order valence-corrected chi connectivity index (χ4v) is 2.47. The van der Waals surface area contributed by atoms with Gasteiger partial charge < -0.3 is 5.32 Å². The van der Waals surface area contributed by atoms with Crippen molar-refractivity contribution in [1.29, 1.82) is 0 Å². The molecule has 5 nitrogen and oxygen atoms in total. The van der Waals surface area contributed by atoms with Crippen LogP contribution < -0.4 is 10.6 Å². The summed E-state index contributed by atoms with van der Waals surface area (Å²) in [7, 11) is 3.64. The minimum absolute atomic E-state index is 0.0287. The van der Waals surface area contributed by atoms with Gasteiger partial charge in [0, 0.05) is 31.4 Å². The van der Waals surface area contributed by atoms with Crippen LogP contribution >= 0.6 is 0 Å². The van der Waals surface area contributed by atoms with Crippen LogP contribution in [-0.2, 0) is 18.3 Å². The molecule has 0 spiro atoms. The topological polar surface area (TPSA) is 59.0 Å². The maximum absolute atomic E-state index is 11.5. The lowest BCUT2D eigenvalue weighted by Crippen LogP contribution is -2.43. The second-order valence-corrected chi connectivity index (χ2v) is 4.62. The van der Waals surface area contributed by atoms with Crippen molar-refractivity contribution in [3.8, 4) is 0 Å². The standard InChI is InChI=1S/C12H20N4O/c1-8(12(17)13-2)15-10-5-4-6-11-9(10)7-14-16(11)3/h7-8,10,15H,4-6H2,1-3H3,(H,13,17). The summed E-state index contributed by atoms with van der Waals surface area (Å²) in [6, 6.07) is 0.0795. The highest BCUT2D eigenvalue weighted by atomic mass is 16.2. The SMILES string of the molecule is CNC(=O)C(C)NC1CCCc2c1cnn2C. The Morgan fingerprint density at radius 1 is 1.65 bits per heavy atom. The molecule has 1 aromatic heterocycles. The zero-order valence-corrected chi connectivity index (χ0v) is 10.7. The summed E-state index contributed by atoms with van der Waals surface area (Å²) < 4.78 is 1.94. The summed E-state index contributed by atoms with van der Waals surface area (Å²) in [5.74, 6) is 0.0287. The van der Waals surface area contributed by atoms with E-state index in [1.807, 2.05) is 24.9 Å². The number of carbonyl (C=O) groups is 1. The van der Waals surface area contributed by atoms with Crippen LogP contribution in [0.3, 0.4) is 0 Å². The lowest BCUT2D eigenvalue weighted by Gasteiger charge is -2.26. The van der Waals surface area contributed by atoms with Crippen LogP contribution in [0.15, 0.2) is 6.20 Å². The highest BCUT2D eigenvalue weighted by Crippen LogP contribution is 2.29. The van der Waals surface area contributed by atoms with Crippen molar-refractivity contribution in [2.75, 3.05) is 7.05 Å². The highest BCUT2D eigenvalue weighted by Gasteiger charge is 2.25. The third-order valence-corrected chi connectivity index (χ3v) is 3.47. The average Bonchev–Trinajstić information content (AvgIpc) is 2.71. The lowest BCUT2D eigenvalue weighted by atomic mass is 9.92. The normalized spacial score (nSPS) is 20.8. The molecule has 1 aliphatic rings. The van der Waals surface area contributed by atoms with E-state index in [1.54, 1.807) is 7.05 Å². The Hall–Kier alpha value is -1.36. The second-order valence-electron chi connectivity index (χ2n) is 4.62. The minimum Gasteiger partial charge on any atom is -0.358 e. The van der Waals surface area contributed by atoms with Gasteiger partial charge in [0.25, 0.3) is 0 Å². The van der Waals surface area contributed by atoms with Gasteiger partial charge in [-0.3, -0.25) is 14.8 Å². The summed E-state index contributed by atoms with van der Waals surface area (Å²) in [4.78, 5) is 11.5. The first-order valence-corrected chi connectivity index (χ1v) is 6.12. The first kappa shape index (κ1) is 12.1. The number of aromatic nitrogens is 2. The van der Waals surface area contributed by atoms with Crippen LogP contribution in [0, 0.1) is 0 Å². The molecule has 1 amide bonds. The van der Waals surface area contributed by atoms with Crippen molar-refractivity contribution in [3.05, 3.63) is 17.5 Å². The number of fused-ring (bicyclic) bond motifs is 1. The summed E-state index contributed by atoms with van der Waals surface area (Å²) in [6.45, 7) is 1.89. The van der Waals surface area contributed by atoms with Crippen molar-refractivity contribution in [2.24, 2.45) is 7.05 Å². The summed E-state index contributed by atoms with van der Waals surface area (Å²) in [6.07, 6.45) is 5.21. The number of carbonyl (C=O) groups excluding carboxylic acids is 1. The van der Waals surface area contributed by atoms with Gasteiger partial charge in [-0.2, -0.15) is 5.10 Å². The van der Waals surface area contributed by atoms with E-state index in [2.05, 4.69) is 15.7 Å². The molecule has 1 heterocycles. The van der Waals surface area contributed by atoms with Gasteiger partial charge in [0.15, 0.2) is 0 Å². The fourth-order valence-electron chi connectivity index (χ4n) is 2.47. The number of hydrogen-bond acceptors (Lipinski definition) is 3. The Morgan fingerprint density at radius 2 is 2.41 bits per heavy atom. The van der Waals surface area contributed by atoms with E-state index in [1.165, 1.54) is 11.3 Å². The summed E-state index contributed by atoms with van der Waals surface area (Å²) in [5.41, 5.74) is 2.53. The number of hydrogen-bond donors (Lipinski definition) is 2. The van der Waals surface area contributed by atoms with Crippen LogP contribution in [0.5, 0.6) is 0 Å². The Bertz CT molecular complexity index is 413. The Morgan fingerprint density at radius 3 is 3.12 bits per heavy atom. The molecule has 0 saturated carbocycles. The molecular weight excluding hydrogens is 216 g/mol. The van der Waals surface area contributed by atoms with Crippen LogP contribution in [0.25, 0.3) is 0 Å². The van der Waals surface area contributed by atoms with Gasteiger partial charge in [0.1, 0.15) is 0 Å². The molecule has 0 bridgehead atoms. The number of aryl methyl sites for hydroxylation is 1. The predicted octanol–water partition coefficient (Wildman–Crippen LogP) is 0.522. The molecule has 0 saturated heterocycles. The van der Waals surface area contributed by atoms with Gasteiger partial charge in [-0.25, -0.2) is 0 Å². The van der Waals surface area contributed by atoms with Crippen molar-refractivity contribution in [3.63, 3.8) is 0 Å². The van der Waals surface area contributed by atoms with Crippen LogP contribution in [0.2, 0.25) is 0 Å². The molecule has 0 fully saturated rings. The quantitative estimate of drug-likeness (QED) is 0.804. The number of nitrogens with zero attached hydrogens (tertiary/aromatic N) is 2.